The lowest BCUT2D eigenvalue weighted by atomic mass is 9.92. The summed E-state index contributed by atoms with van der Waals surface area (Å²) < 4.78 is 32.1. The van der Waals surface area contributed by atoms with E-state index in [1.165, 1.54) is 12.1 Å². The number of aromatic nitrogens is 3. The van der Waals surface area contributed by atoms with Gasteiger partial charge in [-0.25, -0.2) is 13.6 Å². The Bertz CT molecular complexity index is 1650. The minimum Gasteiger partial charge on any atom is -0.278 e. The summed E-state index contributed by atoms with van der Waals surface area (Å²) in [5.41, 5.74) is 3.38. The molecule has 1 N–H and O–H groups in total. The highest BCUT2D eigenvalue weighted by atomic mass is 35.5. The molecule has 0 spiro atoms. The van der Waals surface area contributed by atoms with Gasteiger partial charge >= 0.3 is 0 Å². The maximum absolute atomic E-state index is 13.7. The fourth-order valence-electron chi connectivity index (χ4n) is 4.06. The van der Waals surface area contributed by atoms with Crippen LogP contribution in [0.15, 0.2) is 76.1 Å². The molecule has 5 nitrogen and oxygen atoms in total. The van der Waals surface area contributed by atoms with Crippen LogP contribution in [0.5, 0.6) is 0 Å². The van der Waals surface area contributed by atoms with Crippen molar-refractivity contribution in [3.63, 3.8) is 0 Å². The third-order valence-corrected chi connectivity index (χ3v) is 7.68. The smallest absolute Gasteiger partial charge is 0.170 e. The fraction of sp³-hybridized carbons (Fsp3) is 0.154. The molecule has 0 aliphatic carbocycles. The van der Waals surface area contributed by atoms with Crippen molar-refractivity contribution in [2.75, 3.05) is 6.26 Å². The highest BCUT2D eigenvalue weighted by Crippen LogP contribution is 2.41. The van der Waals surface area contributed by atoms with E-state index in [1.807, 2.05) is 26.0 Å². The second-order valence-corrected chi connectivity index (χ2v) is 11.3. The van der Waals surface area contributed by atoms with Gasteiger partial charge in [0.2, 0.25) is 0 Å². The summed E-state index contributed by atoms with van der Waals surface area (Å²) in [5.74, 6) is 0.134. The first-order valence-corrected chi connectivity index (χ1v) is 13.1. The molecule has 1 atom stereocenters. The van der Waals surface area contributed by atoms with Gasteiger partial charge in [0.25, 0.3) is 0 Å². The molecule has 3 aromatic carbocycles. The Morgan fingerprint density at radius 1 is 1.03 bits per heavy atom. The molecule has 172 valence electrons. The number of hydrogen-bond donors (Lipinski definition) is 1. The number of rotatable bonds is 4. The lowest BCUT2D eigenvalue weighted by molar-refractivity contribution is 0.628. The van der Waals surface area contributed by atoms with Crippen LogP contribution in [0, 0.1) is 5.82 Å². The van der Waals surface area contributed by atoms with Crippen LogP contribution in [0.2, 0.25) is 5.02 Å². The van der Waals surface area contributed by atoms with Crippen molar-refractivity contribution in [3.05, 3.63) is 83.4 Å². The van der Waals surface area contributed by atoms with Crippen LogP contribution >= 0.6 is 11.6 Å². The first-order valence-electron chi connectivity index (χ1n) is 10.8. The third-order valence-electron chi connectivity index (χ3n) is 5.76. The van der Waals surface area contributed by atoms with Crippen molar-refractivity contribution < 1.29 is 8.60 Å². The summed E-state index contributed by atoms with van der Waals surface area (Å²) >= 11 is 6.02. The molecule has 2 aromatic heterocycles. The number of aromatic amines is 1. The number of benzene rings is 3. The second kappa shape index (κ2) is 8.49. The Balaban J connectivity index is 1.88. The number of nitrogens with one attached hydrogen (secondary N) is 1. The lowest BCUT2D eigenvalue weighted by Crippen LogP contribution is -2.02. The minimum atomic E-state index is -2.81. The van der Waals surface area contributed by atoms with E-state index in [2.05, 4.69) is 14.6 Å². The molecule has 0 amide bonds. The van der Waals surface area contributed by atoms with E-state index < -0.39 is 9.73 Å². The van der Waals surface area contributed by atoms with E-state index in [-0.39, 0.29) is 11.7 Å². The van der Waals surface area contributed by atoms with Crippen LogP contribution in [0.1, 0.15) is 25.5 Å². The molecule has 0 aliphatic rings. The predicted molar refractivity (Wildman–Crippen MR) is 137 cm³/mol. The molecule has 0 bridgehead atoms. The molecule has 34 heavy (non-hydrogen) atoms. The van der Waals surface area contributed by atoms with Gasteiger partial charge < -0.3 is 0 Å². The van der Waals surface area contributed by atoms with E-state index in [9.17, 15) is 8.60 Å². The molecule has 0 saturated carbocycles. The Hall–Kier alpha value is -3.29. The fourth-order valence-corrected chi connectivity index (χ4v) is 5.41. The maximum Gasteiger partial charge on any atom is 0.170 e. The zero-order chi connectivity index (χ0) is 24.0. The zero-order valence-corrected chi connectivity index (χ0v) is 20.4. The van der Waals surface area contributed by atoms with Gasteiger partial charge in [0.15, 0.2) is 5.82 Å². The summed E-state index contributed by atoms with van der Waals surface area (Å²) in [4.78, 5) is 5.49. The standard InChI is InChI=1S/C26H22ClFN4OS/c1-15(2)25-24(16-4-8-19(28)9-5-16)21-12-17-14-29-31-23(17)13-22(21)26(30-25)32-34(3,33)20-10-6-18(27)7-11-20/h4-15H,1-3H3,(H,29,31). The zero-order valence-electron chi connectivity index (χ0n) is 18.8. The van der Waals surface area contributed by atoms with Crippen molar-refractivity contribution in [1.29, 1.82) is 0 Å². The molecule has 1 unspecified atom stereocenters. The quantitative estimate of drug-likeness (QED) is 0.282. The van der Waals surface area contributed by atoms with Crippen LogP contribution in [-0.4, -0.2) is 25.6 Å². The molecule has 0 saturated heterocycles. The van der Waals surface area contributed by atoms with E-state index in [1.54, 1.807) is 48.9 Å². The van der Waals surface area contributed by atoms with Gasteiger partial charge in [0.1, 0.15) is 5.82 Å². The van der Waals surface area contributed by atoms with Crippen molar-refractivity contribution in [2.45, 2.75) is 24.7 Å². The van der Waals surface area contributed by atoms with E-state index in [0.717, 1.165) is 38.5 Å². The van der Waals surface area contributed by atoms with E-state index in [4.69, 9.17) is 16.6 Å². The van der Waals surface area contributed by atoms with Crippen molar-refractivity contribution >= 4 is 48.8 Å². The molecule has 0 aliphatic heterocycles. The van der Waals surface area contributed by atoms with E-state index in [0.29, 0.717) is 15.7 Å². The molecule has 5 aromatic rings. The number of pyridine rings is 1. The number of H-pyrrole nitrogens is 1. The molecular weight excluding hydrogens is 471 g/mol. The highest BCUT2D eigenvalue weighted by molar-refractivity contribution is 7.93. The second-order valence-electron chi connectivity index (χ2n) is 8.56. The van der Waals surface area contributed by atoms with Gasteiger partial charge in [0.05, 0.1) is 27.1 Å². The molecule has 8 heteroatoms. The SMILES string of the molecule is CC(C)c1nc(N=S(C)(=O)c2ccc(Cl)cc2)c2cc3[nH]ncc3cc2c1-c1ccc(F)cc1. The van der Waals surface area contributed by atoms with Crippen LogP contribution in [-0.2, 0) is 9.73 Å². The summed E-state index contributed by atoms with van der Waals surface area (Å²) in [6.45, 7) is 4.09. The Morgan fingerprint density at radius 3 is 2.41 bits per heavy atom. The molecule has 2 heterocycles. The number of halogens is 2. The summed E-state index contributed by atoms with van der Waals surface area (Å²) in [6, 6.07) is 17.2. The van der Waals surface area contributed by atoms with Crippen LogP contribution in [0.3, 0.4) is 0 Å². The minimum absolute atomic E-state index is 0.0434. The summed E-state index contributed by atoms with van der Waals surface area (Å²) in [5, 5.41) is 10.3. The Labute approximate surface area is 202 Å². The molecule has 0 fully saturated rings. The third kappa shape index (κ3) is 4.06. The average molecular weight is 493 g/mol. The summed E-state index contributed by atoms with van der Waals surface area (Å²) in [6.07, 6.45) is 3.35. The Kier molecular flexibility index (Phi) is 5.62. The molecule has 5 rings (SSSR count). The Morgan fingerprint density at radius 2 is 1.74 bits per heavy atom. The van der Waals surface area contributed by atoms with Gasteiger partial charge in [-0.1, -0.05) is 37.6 Å². The van der Waals surface area contributed by atoms with Gasteiger partial charge in [0, 0.05) is 32.5 Å². The number of hydrogen-bond acceptors (Lipinski definition) is 4. The van der Waals surface area contributed by atoms with Gasteiger partial charge in [-0.3, -0.25) is 5.10 Å². The first-order chi connectivity index (χ1) is 16.2. The number of nitrogens with zero attached hydrogens (tertiary/aromatic N) is 3. The average Bonchev–Trinajstić information content (AvgIpc) is 3.26. The summed E-state index contributed by atoms with van der Waals surface area (Å²) in [7, 11) is -2.81. The first kappa shape index (κ1) is 22.5. The van der Waals surface area contributed by atoms with Gasteiger partial charge in [-0.2, -0.15) is 9.46 Å². The van der Waals surface area contributed by atoms with Crippen LogP contribution in [0.25, 0.3) is 32.8 Å². The predicted octanol–water partition coefficient (Wildman–Crippen LogP) is 7.48. The molecular formula is C26H22ClFN4OS. The van der Waals surface area contributed by atoms with Crippen LogP contribution < -0.4 is 0 Å². The normalized spacial score (nSPS) is 13.5. The highest BCUT2D eigenvalue weighted by Gasteiger charge is 2.20. The van der Waals surface area contributed by atoms with Crippen molar-refractivity contribution in [2.24, 2.45) is 4.36 Å². The van der Waals surface area contributed by atoms with Gasteiger partial charge in [-0.15, -0.1) is 0 Å². The van der Waals surface area contributed by atoms with Crippen molar-refractivity contribution in [3.8, 4) is 11.1 Å². The lowest BCUT2D eigenvalue weighted by Gasteiger charge is -2.18. The van der Waals surface area contributed by atoms with E-state index >= 15 is 0 Å². The van der Waals surface area contributed by atoms with Crippen molar-refractivity contribution in [1.82, 2.24) is 15.2 Å². The maximum atomic E-state index is 13.7. The largest absolute Gasteiger partial charge is 0.278 e. The van der Waals surface area contributed by atoms with Crippen LogP contribution in [0.4, 0.5) is 10.2 Å². The number of fused-ring (bicyclic) bond motifs is 2. The monoisotopic (exact) mass is 492 g/mol. The van der Waals surface area contributed by atoms with Gasteiger partial charge in [-0.05, 0) is 65.4 Å². The molecule has 0 radical (unpaired) electrons. The topological polar surface area (TPSA) is 71.0 Å².